The van der Waals surface area contributed by atoms with Crippen LogP contribution in [0.25, 0.3) is 0 Å². The molecular formula is C11H17N3O3. The van der Waals surface area contributed by atoms with Crippen LogP contribution in [0.1, 0.15) is 25.7 Å². The molecule has 0 saturated carbocycles. The summed E-state index contributed by atoms with van der Waals surface area (Å²) in [5.74, 6) is -0.939. The van der Waals surface area contributed by atoms with Crippen LogP contribution in [0, 0.1) is 17.2 Å². The summed E-state index contributed by atoms with van der Waals surface area (Å²) in [6.07, 6.45) is 1.98. The van der Waals surface area contributed by atoms with Crippen LogP contribution in [-0.2, 0) is 14.3 Å². The van der Waals surface area contributed by atoms with Crippen molar-refractivity contribution in [1.29, 1.82) is 5.26 Å². The summed E-state index contributed by atoms with van der Waals surface area (Å²) >= 11 is 0. The number of carbonyl (C=O) groups is 2. The topological polar surface area (TPSA) is 105 Å². The normalized spacial score (nSPS) is 20.5. The van der Waals surface area contributed by atoms with Crippen LogP contribution in [0.2, 0.25) is 0 Å². The van der Waals surface area contributed by atoms with Crippen molar-refractivity contribution in [3.63, 3.8) is 0 Å². The average molecular weight is 239 g/mol. The van der Waals surface area contributed by atoms with Crippen molar-refractivity contribution in [3.05, 3.63) is 0 Å². The molecule has 3 N–H and O–H groups in total. The molecule has 2 atom stereocenters. The van der Waals surface area contributed by atoms with E-state index in [1.807, 2.05) is 6.07 Å². The second-order valence-corrected chi connectivity index (χ2v) is 4.07. The SMILES string of the molecule is N#CCCC[C@@H](NC(=O)[C@@H]1CCOC1)C(N)=O. The van der Waals surface area contributed by atoms with E-state index in [0.29, 0.717) is 38.9 Å². The lowest BCUT2D eigenvalue weighted by atomic mass is 10.1. The molecule has 0 unspecified atom stereocenters. The number of ether oxygens (including phenoxy) is 1. The van der Waals surface area contributed by atoms with Crippen molar-refractivity contribution in [3.8, 4) is 6.07 Å². The fourth-order valence-electron chi connectivity index (χ4n) is 1.70. The fourth-order valence-corrected chi connectivity index (χ4v) is 1.70. The number of rotatable bonds is 6. The number of amides is 2. The van der Waals surface area contributed by atoms with Gasteiger partial charge in [0.25, 0.3) is 0 Å². The van der Waals surface area contributed by atoms with Gasteiger partial charge in [-0.3, -0.25) is 9.59 Å². The molecule has 1 aliphatic rings. The number of hydrogen-bond acceptors (Lipinski definition) is 4. The molecule has 2 amide bonds. The molecule has 94 valence electrons. The smallest absolute Gasteiger partial charge is 0.240 e. The molecular weight excluding hydrogens is 222 g/mol. The van der Waals surface area contributed by atoms with Crippen LogP contribution >= 0.6 is 0 Å². The van der Waals surface area contributed by atoms with Gasteiger partial charge in [0.1, 0.15) is 6.04 Å². The monoisotopic (exact) mass is 239 g/mol. The molecule has 1 heterocycles. The van der Waals surface area contributed by atoms with Gasteiger partial charge in [-0.1, -0.05) is 0 Å². The molecule has 1 rings (SSSR count). The Bertz CT molecular complexity index is 318. The number of nitrogens with one attached hydrogen (secondary N) is 1. The lowest BCUT2D eigenvalue weighted by Gasteiger charge is -2.16. The van der Waals surface area contributed by atoms with Crippen molar-refractivity contribution in [2.24, 2.45) is 11.7 Å². The molecule has 1 saturated heterocycles. The Hall–Kier alpha value is -1.61. The zero-order valence-electron chi connectivity index (χ0n) is 9.65. The highest BCUT2D eigenvalue weighted by Crippen LogP contribution is 2.13. The van der Waals surface area contributed by atoms with Gasteiger partial charge in [-0.25, -0.2) is 0 Å². The molecule has 0 aromatic rings. The Balaban J connectivity index is 2.40. The summed E-state index contributed by atoms with van der Waals surface area (Å²) < 4.78 is 5.10. The van der Waals surface area contributed by atoms with Crippen molar-refractivity contribution in [2.45, 2.75) is 31.7 Å². The summed E-state index contributed by atoms with van der Waals surface area (Å²) in [5, 5.41) is 11.0. The third-order valence-corrected chi connectivity index (χ3v) is 2.74. The molecule has 1 fully saturated rings. The minimum absolute atomic E-state index is 0.187. The third kappa shape index (κ3) is 4.41. The summed E-state index contributed by atoms with van der Waals surface area (Å²) in [4.78, 5) is 22.9. The molecule has 0 bridgehead atoms. The predicted molar refractivity (Wildman–Crippen MR) is 59.5 cm³/mol. The number of nitrogens with zero attached hydrogens (tertiary/aromatic N) is 1. The summed E-state index contributed by atoms with van der Waals surface area (Å²) in [7, 11) is 0. The van der Waals surface area contributed by atoms with E-state index < -0.39 is 11.9 Å². The largest absolute Gasteiger partial charge is 0.381 e. The van der Waals surface area contributed by atoms with Crippen molar-refractivity contribution < 1.29 is 14.3 Å². The molecule has 6 nitrogen and oxygen atoms in total. The quantitative estimate of drug-likeness (QED) is 0.620. The number of unbranched alkanes of at least 4 members (excludes halogenated alkanes) is 1. The minimum Gasteiger partial charge on any atom is -0.381 e. The highest BCUT2D eigenvalue weighted by molar-refractivity contribution is 5.87. The molecule has 0 aromatic heterocycles. The maximum absolute atomic E-state index is 11.7. The minimum atomic E-state index is -0.684. The summed E-state index contributed by atoms with van der Waals surface area (Å²) in [5.41, 5.74) is 5.20. The van der Waals surface area contributed by atoms with E-state index in [2.05, 4.69) is 5.32 Å². The van der Waals surface area contributed by atoms with Crippen molar-refractivity contribution in [1.82, 2.24) is 5.32 Å². The van der Waals surface area contributed by atoms with Gasteiger partial charge < -0.3 is 15.8 Å². The van der Waals surface area contributed by atoms with E-state index in [9.17, 15) is 9.59 Å². The van der Waals surface area contributed by atoms with Gasteiger partial charge in [0, 0.05) is 13.0 Å². The van der Waals surface area contributed by atoms with Crippen LogP contribution in [0.5, 0.6) is 0 Å². The Labute approximate surface area is 100 Å². The van der Waals surface area contributed by atoms with Crippen LogP contribution < -0.4 is 11.1 Å². The van der Waals surface area contributed by atoms with Gasteiger partial charge in [0.2, 0.25) is 11.8 Å². The van der Waals surface area contributed by atoms with E-state index in [-0.39, 0.29) is 11.8 Å². The van der Waals surface area contributed by atoms with E-state index in [1.54, 1.807) is 0 Å². The van der Waals surface area contributed by atoms with E-state index >= 15 is 0 Å². The molecule has 0 aliphatic carbocycles. The number of nitriles is 1. The first-order chi connectivity index (χ1) is 8.15. The highest BCUT2D eigenvalue weighted by atomic mass is 16.5. The molecule has 17 heavy (non-hydrogen) atoms. The fraction of sp³-hybridized carbons (Fsp3) is 0.727. The van der Waals surface area contributed by atoms with Crippen molar-refractivity contribution >= 4 is 11.8 Å². The molecule has 1 aliphatic heterocycles. The van der Waals surface area contributed by atoms with Crippen LogP contribution in [-0.4, -0.2) is 31.1 Å². The molecule has 6 heteroatoms. The van der Waals surface area contributed by atoms with E-state index in [4.69, 9.17) is 15.7 Å². The maximum atomic E-state index is 11.7. The average Bonchev–Trinajstić information content (AvgIpc) is 2.81. The van der Waals surface area contributed by atoms with Gasteiger partial charge in [-0.05, 0) is 19.3 Å². The number of carbonyl (C=O) groups excluding carboxylic acids is 2. The Morgan fingerprint density at radius 3 is 2.88 bits per heavy atom. The number of primary amides is 1. The second-order valence-electron chi connectivity index (χ2n) is 4.07. The summed E-state index contributed by atoms with van der Waals surface area (Å²) in [6, 6.07) is 1.30. The van der Waals surface area contributed by atoms with Gasteiger partial charge >= 0.3 is 0 Å². The first-order valence-electron chi connectivity index (χ1n) is 5.69. The number of hydrogen-bond donors (Lipinski definition) is 2. The Kier molecular flexibility index (Phi) is 5.43. The second kappa shape index (κ2) is 6.86. The molecule has 0 spiro atoms. The Morgan fingerprint density at radius 1 is 1.59 bits per heavy atom. The number of nitrogens with two attached hydrogens (primary N) is 1. The third-order valence-electron chi connectivity index (χ3n) is 2.74. The van der Waals surface area contributed by atoms with Gasteiger partial charge in [-0.2, -0.15) is 5.26 Å². The van der Waals surface area contributed by atoms with Gasteiger partial charge in [0.15, 0.2) is 0 Å². The van der Waals surface area contributed by atoms with Gasteiger partial charge in [-0.15, -0.1) is 0 Å². The zero-order valence-corrected chi connectivity index (χ0v) is 9.65. The molecule has 0 radical (unpaired) electrons. The van der Waals surface area contributed by atoms with Crippen LogP contribution in [0.3, 0.4) is 0 Å². The van der Waals surface area contributed by atoms with Gasteiger partial charge in [0.05, 0.1) is 18.6 Å². The Morgan fingerprint density at radius 2 is 2.35 bits per heavy atom. The highest BCUT2D eigenvalue weighted by Gasteiger charge is 2.26. The lowest BCUT2D eigenvalue weighted by Crippen LogP contribution is -2.46. The first-order valence-corrected chi connectivity index (χ1v) is 5.69. The molecule has 0 aromatic carbocycles. The van der Waals surface area contributed by atoms with E-state index in [1.165, 1.54) is 0 Å². The maximum Gasteiger partial charge on any atom is 0.240 e. The predicted octanol–water partition coefficient (Wildman–Crippen LogP) is -0.313. The van der Waals surface area contributed by atoms with Crippen molar-refractivity contribution in [2.75, 3.05) is 13.2 Å². The summed E-state index contributed by atoms with van der Waals surface area (Å²) in [6.45, 7) is 0.975. The van der Waals surface area contributed by atoms with E-state index in [0.717, 1.165) is 0 Å². The van der Waals surface area contributed by atoms with Crippen LogP contribution in [0.4, 0.5) is 0 Å². The van der Waals surface area contributed by atoms with Crippen LogP contribution in [0.15, 0.2) is 0 Å². The standard InChI is InChI=1S/C11H17N3O3/c12-5-2-1-3-9(10(13)15)14-11(16)8-4-6-17-7-8/h8-9H,1-4,6-7H2,(H2,13,15)(H,14,16)/t8-,9-/m1/s1. The zero-order chi connectivity index (χ0) is 12.7. The lowest BCUT2D eigenvalue weighted by molar-refractivity contribution is -0.130. The first kappa shape index (κ1) is 13.5.